The Morgan fingerprint density at radius 3 is 2.17 bits per heavy atom. The Hall–Kier alpha value is -0.390. The molecule has 0 bridgehead atoms. The van der Waals surface area contributed by atoms with Gasteiger partial charge < -0.3 is 0 Å². The monoisotopic (exact) mass is 333 g/mol. The summed E-state index contributed by atoms with van der Waals surface area (Å²) >= 11 is 3.35. The van der Waals surface area contributed by atoms with Crippen LogP contribution in [0, 0.1) is 5.92 Å². The molecule has 0 amide bonds. The van der Waals surface area contributed by atoms with E-state index in [4.69, 9.17) is 0 Å². The van der Waals surface area contributed by atoms with E-state index in [1.807, 2.05) is 32.9 Å². The van der Waals surface area contributed by atoms with Crippen LogP contribution in [0.1, 0.15) is 26.3 Å². The lowest BCUT2D eigenvalue weighted by Gasteiger charge is -2.22. The molecular formula is C13H20BrNO2S. The lowest BCUT2D eigenvalue weighted by atomic mass is 10.2. The number of sulfonamides is 1. The highest BCUT2D eigenvalue weighted by Crippen LogP contribution is 2.18. The third kappa shape index (κ3) is 3.80. The van der Waals surface area contributed by atoms with Crippen molar-refractivity contribution in [2.45, 2.75) is 31.0 Å². The Balaban J connectivity index is 3.02. The fourth-order valence-corrected chi connectivity index (χ4v) is 3.69. The van der Waals surface area contributed by atoms with Crippen LogP contribution in [0.5, 0.6) is 0 Å². The summed E-state index contributed by atoms with van der Waals surface area (Å²) in [7, 11) is -3.35. The molecule has 1 rings (SSSR count). The molecule has 0 aliphatic rings. The van der Waals surface area contributed by atoms with Crippen LogP contribution in [0.15, 0.2) is 29.2 Å². The Kier molecular flexibility index (Phi) is 5.82. The summed E-state index contributed by atoms with van der Waals surface area (Å²) in [6.45, 7) is 6.96. The molecule has 102 valence electrons. The molecule has 0 aliphatic carbocycles. The van der Waals surface area contributed by atoms with Crippen molar-refractivity contribution in [2.24, 2.45) is 5.92 Å². The fourth-order valence-electron chi connectivity index (χ4n) is 1.70. The topological polar surface area (TPSA) is 37.4 Å². The molecule has 0 saturated heterocycles. The number of hydrogen-bond acceptors (Lipinski definition) is 2. The Bertz CT molecular complexity index is 468. The van der Waals surface area contributed by atoms with Crippen molar-refractivity contribution in [1.29, 1.82) is 0 Å². The van der Waals surface area contributed by atoms with Crippen LogP contribution in [0.25, 0.3) is 0 Å². The zero-order chi connectivity index (χ0) is 13.8. The van der Waals surface area contributed by atoms with Crippen LogP contribution in [-0.2, 0) is 15.4 Å². The van der Waals surface area contributed by atoms with Crippen LogP contribution >= 0.6 is 15.9 Å². The highest BCUT2D eigenvalue weighted by molar-refractivity contribution is 9.08. The van der Waals surface area contributed by atoms with Gasteiger partial charge in [-0.15, -0.1) is 0 Å². The maximum Gasteiger partial charge on any atom is 0.243 e. The molecule has 0 aliphatic heterocycles. The second kappa shape index (κ2) is 6.68. The van der Waals surface area contributed by atoms with Gasteiger partial charge in [0.15, 0.2) is 0 Å². The van der Waals surface area contributed by atoms with E-state index in [1.165, 1.54) is 4.31 Å². The van der Waals surface area contributed by atoms with Gasteiger partial charge in [-0.2, -0.15) is 4.31 Å². The molecule has 0 atom stereocenters. The van der Waals surface area contributed by atoms with Gasteiger partial charge in [0, 0.05) is 18.4 Å². The highest BCUT2D eigenvalue weighted by atomic mass is 79.9. The van der Waals surface area contributed by atoms with Gasteiger partial charge in [-0.05, 0) is 23.6 Å². The normalized spacial score (nSPS) is 12.3. The van der Waals surface area contributed by atoms with E-state index in [2.05, 4.69) is 15.9 Å². The average molecular weight is 334 g/mol. The van der Waals surface area contributed by atoms with Gasteiger partial charge in [-0.25, -0.2) is 8.42 Å². The zero-order valence-corrected chi connectivity index (χ0v) is 13.5. The Morgan fingerprint density at radius 2 is 1.78 bits per heavy atom. The number of benzene rings is 1. The molecule has 0 spiro atoms. The number of alkyl halides is 1. The lowest BCUT2D eigenvalue weighted by Crippen LogP contribution is -2.34. The van der Waals surface area contributed by atoms with E-state index in [0.717, 1.165) is 10.9 Å². The van der Waals surface area contributed by atoms with Crippen molar-refractivity contribution in [2.75, 3.05) is 13.1 Å². The minimum Gasteiger partial charge on any atom is -0.207 e. The number of nitrogens with zero attached hydrogens (tertiary/aromatic N) is 1. The number of halogens is 1. The summed E-state index contributed by atoms with van der Waals surface area (Å²) in [5, 5.41) is 0.733. The van der Waals surface area contributed by atoms with Gasteiger partial charge >= 0.3 is 0 Å². The highest BCUT2D eigenvalue weighted by Gasteiger charge is 2.23. The standard InChI is InChI=1S/C13H20BrNO2S/c1-4-15(10-11(2)3)18(16,17)13-7-5-12(9-14)6-8-13/h5-8,11H,4,9-10H2,1-3H3. The molecule has 0 saturated carbocycles. The quantitative estimate of drug-likeness (QED) is 0.749. The minimum atomic E-state index is -3.35. The van der Waals surface area contributed by atoms with E-state index in [1.54, 1.807) is 12.1 Å². The molecule has 18 heavy (non-hydrogen) atoms. The first-order valence-corrected chi connectivity index (χ1v) is 8.63. The van der Waals surface area contributed by atoms with Gasteiger partial charge in [0.1, 0.15) is 0 Å². The molecule has 0 aromatic heterocycles. The van der Waals surface area contributed by atoms with Crippen molar-refractivity contribution in [3.63, 3.8) is 0 Å². The largest absolute Gasteiger partial charge is 0.243 e. The van der Waals surface area contributed by atoms with Gasteiger partial charge in [-0.1, -0.05) is 48.8 Å². The predicted octanol–water partition coefficient (Wildman–Crippen LogP) is 3.25. The fraction of sp³-hybridized carbons (Fsp3) is 0.538. The van der Waals surface area contributed by atoms with E-state index in [-0.39, 0.29) is 0 Å². The smallest absolute Gasteiger partial charge is 0.207 e. The van der Waals surface area contributed by atoms with E-state index in [0.29, 0.717) is 23.9 Å². The Morgan fingerprint density at radius 1 is 1.22 bits per heavy atom. The number of hydrogen-bond donors (Lipinski definition) is 0. The summed E-state index contributed by atoms with van der Waals surface area (Å²) in [4.78, 5) is 0.370. The maximum absolute atomic E-state index is 12.4. The number of rotatable bonds is 6. The predicted molar refractivity (Wildman–Crippen MR) is 78.3 cm³/mol. The Labute approximate surface area is 118 Å². The SMILES string of the molecule is CCN(CC(C)C)S(=O)(=O)c1ccc(CBr)cc1. The molecular weight excluding hydrogens is 314 g/mol. The van der Waals surface area contributed by atoms with Gasteiger partial charge in [-0.3, -0.25) is 0 Å². The molecule has 0 N–H and O–H groups in total. The third-order valence-electron chi connectivity index (χ3n) is 2.64. The van der Waals surface area contributed by atoms with Crippen LogP contribution in [0.2, 0.25) is 0 Å². The maximum atomic E-state index is 12.4. The van der Waals surface area contributed by atoms with Crippen molar-refractivity contribution >= 4 is 26.0 Å². The summed E-state index contributed by atoms with van der Waals surface area (Å²) in [6.07, 6.45) is 0. The summed E-state index contributed by atoms with van der Waals surface area (Å²) in [5.41, 5.74) is 1.07. The molecule has 5 heteroatoms. The van der Waals surface area contributed by atoms with Gasteiger partial charge in [0.2, 0.25) is 10.0 Å². The van der Waals surface area contributed by atoms with E-state index in [9.17, 15) is 8.42 Å². The lowest BCUT2D eigenvalue weighted by molar-refractivity contribution is 0.381. The van der Waals surface area contributed by atoms with Crippen molar-refractivity contribution in [1.82, 2.24) is 4.31 Å². The average Bonchev–Trinajstić information content (AvgIpc) is 2.35. The molecule has 1 aromatic carbocycles. The first-order valence-electron chi connectivity index (χ1n) is 6.06. The molecule has 0 radical (unpaired) electrons. The van der Waals surface area contributed by atoms with Crippen LogP contribution in [0.3, 0.4) is 0 Å². The zero-order valence-electron chi connectivity index (χ0n) is 11.1. The van der Waals surface area contributed by atoms with Crippen molar-refractivity contribution < 1.29 is 8.42 Å². The first-order chi connectivity index (χ1) is 8.41. The van der Waals surface area contributed by atoms with Gasteiger partial charge in [0.05, 0.1) is 4.90 Å². The van der Waals surface area contributed by atoms with Crippen molar-refractivity contribution in [3.05, 3.63) is 29.8 Å². The van der Waals surface area contributed by atoms with Crippen LogP contribution < -0.4 is 0 Å². The molecule has 0 heterocycles. The summed E-state index contributed by atoms with van der Waals surface area (Å²) in [5.74, 6) is 0.321. The molecule has 1 aromatic rings. The van der Waals surface area contributed by atoms with E-state index < -0.39 is 10.0 Å². The van der Waals surface area contributed by atoms with Crippen LogP contribution in [0.4, 0.5) is 0 Å². The van der Waals surface area contributed by atoms with Crippen LogP contribution in [-0.4, -0.2) is 25.8 Å². The first kappa shape index (κ1) is 15.7. The van der Waals surface area contributed by atoms with Gasteiger partial charge in [0.25, 0.3) is 0 Å². The molecule has 3 nitrogen and oxygen atoms in total. The molecule has 0 fully saturated rings. The summed E-state index contributed by atoms with van der Waals surface area (Å²) in [6, 6.07) is 7.03. The summed E-state index contributed by atoms with van der Waals surface area (Å²) < 4.78 is 26.4. The third-order valence-corrected chi connectivity index (χ3v) is 5.24. The van der Waals surface area contributed by atoms with E-state index >= 15 is 0 Å². The second-order valence-corrected chi connectivity index (χ2v) is 7.13. The minimum absolute atomic E-state index is 0.321. The second-order valence-electron chi connectivity index (χ2n) is 4.63. The molecule has 0 unspecified atom stereocenters. The van der Waals surface area contributed by atoms with Crippen molar-refractivity contribution in [3.8, 4) is 0 Å².